The van der Waals surface area contributed by atoms with Crippen molar-refractivity contribution in [3.8, 4) is 6.07 Å². The second kappa shape index (κ2) is 6.90. The number of amides is 1. The zero-order chi connectivity index (χ0) is 16.1. The maximum absolute atomic E-state index is 11.9. The Kier molecular flexibility index (Phi) is 4.50. The van der Waals surface area contributed by atoms with Crippen molar-refractivity contribution in [2.45, 2.75) is 18.9 Å². The largest absolute Gasteiger partial charge is 0.368 e. The third-order valence-corrected chi connectivity index (χ3v) is 3.54. The van der Waals surface area contributed by atoms with Crippen LogP contribution in [0.25, 0.3) is 0 Å². The molecular weight excluding hydrogens is 292 g/mol. The number of nitrogens with one attached hydrogen (secondary N) is 2. The van der Waals surface area contributed by atoms with Crippen molar-refractivity contribution in [2.24, 2.45) is 0 Å². The Hall–Kier alpha value is -2.91. The number of pyridine rings is 1. The Labute approximate surface area is 134 Å². The first-order valence-corrected chi connectivity index (χ1v) is 7.40. The van der Waals surface area contributed by atoms with Gasteiger partial charge in [-0.15, -0.1) is 0 Å². The molecule has 1 unspecified atom stereocenters. The van der Waals surface area contributed by atoms with E-state index in [1.807, 2.05) is 12.1 Å². The molecule has 23 heavy (non-hydrogen) atoms. The fourth-order valence-corrected chi connectivity index (χ4v) is 2.32. The molecule has 1 atom stereocenters. The van der Waals surface area contributed by atoms with Gasteiger partial charge in [-0.25, -0.2) is 4.98 Å². The fourth-order valence-electron chi connectivity index (χ4n) is 2.32. The van der Waals surface area contributed by atoms with Crippen LogP contribution in [0.4, 0.5) is 17.2 Å². The predicted octanol–water partition coefficient (Wildman–Crippen LogP) is 2.81. The summed E-state index contributed by atoms with van der Waals surface area (Å²) in [5, 5.41) is 14.7. The second-order valence-corrected chi connectivity index (χ2v) is 5.24. The number of anilines is 3. The molecule has 1 aromatic heterocycles. The standard InChI is InChI=1S/C17H16N4O2/c18-10-12-3-5-13(6-4-12)20-16-8-7-14(11-19-16)21-17(22)15-2-1-9-23-15/h3-8,11,15H,1-2,9H2,(H,19,20)(H,21,22). The summed E-state index contributed by atoms with van der Waals surface area (Å²) in [5.74, 6) is 0.530. The van der Waals surface area contributed by atoms with E-state index in [-0.39, 0.29) is 12.0 Å². The summed E-state index contributed by atoms with van der Waals surface area (Å²) in [5.41, 5.74) is 2.08. The molecule has 0 aliphatic carbocycles. The van der Waals surface area contributed by atoms with E-state index in [0.29, 0.717) is 23.7 Å². The molecule has 6 nitrogen and oxygen atoms in total. The lowest BCUT2D eigenvalue weighted by Crippen LogP contribution is -2.26. The van der Waals surface area contributed by atoms with Crippen molar-refractivity contribution in [3.63, 3.8) is 0 Å². The molecule has 3 rings (SSSR count). The average Bonchev–Trinajstić information content (AvgIpc) is 3.12. The Bertz CT molecular complexity index is 714. The first-order chi connectivity index (χ1) is 11.2. The van der Waals surface area contributed by atoms with E-state index in [1.54, 1.807) is 30.5 Å². The maximum atomic E-state index is 11.9. The van der Waals surface area contributed by atoms with Gasteiger partial charge in [-0.3, -0.25) is 4.79 Å². The zero-order valence-corrected chi connectivity index (χ0v) is 12.5. The number of hydrogen-bond acceptors (Lipinski definition) is 5. The van der Waals surface area contributed by atoms with Crippen LogP contribution >= 0.6 is 0 Å². The summed E-state index contributed by atoms with van der Waals surface area (Å²) in [4.78, 5) is 16.2. The Morgan fingerprint density at radius 2 is 2.00 bits per heavy atom. The summed E-state index contributed by atoms with van der Waals surface area (Å²) in [7, 11) is 0. The highest BCUT2D eigenvalue weighted by Crippen LogP contribution is 2.18. The summed E-state index contributed by atoms with van der Waals surface area (Å²) >= 11 is 0. The van der Waals surface area contributed by atoms with Gasteiger partial charge in [-0.2, -0.15) is 5.26 Å². The van der Waals surface area contributed by atoms with Crippen LogP contribution in [0.2, 0.25) is 0 Å². The predicted molar refractivity (Wildman–Crippen MR) is 86.3 cm³/mol. The number of nitriles is 1. The summed E-state index contributed by atoms with van der Waals surface area (Å²) in [6.45, 7) is 0.643. The van der Waals surface area contributed by atoms with Crippen molar-refractivity contribution in [1.82, 2.24) is 4.98 Å². The molecule has 1 fully saturated rings. The van der Waals surface area contributed by atoms with Crippen LogP contribution in [-0.2, 0) is 9.53 Å². The molecule has 6 heteroatoms. The summed E-state index contributed by atoms with van der Waals surface area (Å²) < 4.78 is 5.34. The van der Waals surface area contributed by atoms with Crippen LogP contribution in [0.1, 0.15) is 18.4 Å². The molecule has 2 N–H and O–H groups in total. The molecule has 116 valence electrons. The van der Waals surface area contributed by atoms with Gasteiger partial charge < -0.3 is 15.4 Å². The molecule has 0 saturated carbocycles. The molecule has 0 bridgehead atoms. The van der Waals surface area contributed by atoms with Gasteiger partial charge in [0.2, 0.25) is 0 Å². The number of benzene rings is 1. The van der Waals surface area contributed by atoms with Crippen molar-refractivity contribution >= 4 is 23.1 Å². The Balaban J connectivity index is 1.60. The molecule has 1 aliphatic heterocycles. The van der Waals surface area contributed by atoms with E-state index < -0.39 is 0 Å². The van der Waals surface area contributed by atoms with Crippen LogP contribution in [0.15, 0.2) is 42.6 Å². The van der Waals surface area contributed by atoms with Gasteiger partial charge in [0.05, 0.1) is 23.5 Å². The van der Waals surface area contributed by atoms with Gasteiger partial charge in [0, 0.05) is 12.3 Å². The van der Waals surface area contributed by atoms with Crippen LogP contribution in [0, 0.1) is 11.3 Å². The lowest BCUT2D eigenvalue weighted by Gasteiger charge is -2.11. The number of nitrogens with zero attached hydrogens (tertiary/aromatic N) is 2. The fraction of sp³-hybridized carbons (Fsp3) is 0.235. The van der Waals surface area contributed by atoms with E-state index in [2.05, 4.69) is 21.7 Å². The normalized spacial score (nSPS) is 16.6. The van der Waals surface area contributed by atoms with E-state index in [4.69, 9.17) is 10.00 Å². The molecule has 0 spiro atoms. The minimum Gasteiger partial charge on any atom is -0.368 e. The third-order valence-electron chi connectivity index (χ3n) is 3.54. The summed E-state index contributed by atoms with van der Waals surface area (Å²) in [6.07, 6.45) is 2.92. The second-order valence-electron chi connectivity index (χ2n) is 5.24. The van der Waals surface area contributed by atoms with E-state index in [1.165, 1.54) is 0 Å². The average molecular weight is 308 g/mol. The molecule has 1 aliphatic rings. The minimum atomic E-state index is -0.355. The highest BCUT2D eigenvalue weighted by molar-refractivity contribution is 5.94. The van der Waals surface area contributed by atoms with Gasteiger partial charge in [0.25, 0.3) is 5.91 Å². The van der Waals surface area contributed by atoms with Gasteiger partial charge in [0.15, 0.2) is 0 Å². The Morgan fingerprint density at radius 1 is 1.22 bits per heavy atom. The van der Waals surface area contributed by atoms with Crippen LogP contribution < -0.4 is 10.6 Å². The van der Waals surface area contributed by atoms with Gasteiger partial charge >= 0.3 is 0 Å². The molecule has 1 amide bonds. The maximum Gasteiger partial charge on any atom is 0.253 e. The number of ether oxygens (including phenoxy) is 1. The Morgan fingerprint density at radius 3 is 2.61 bits per heavy atom. The number of rotatable bonds is 4. The number of aromatic nitrogens is 1. The smallest absolute Gasteiger partial charge is 0.253 e. The molecule has 2 heterocycles. The molecule has 1 saturated heterocycles. The van der Waals surface area contributed by atoms with Crippen molar-refractivity contribution in [3.05, 3.63) is 48.2 Å². The molecule has 2 aromatic rings. The third kappa shape index (κ3) is 3.84. The lowest BCUT2D eigenvalue weighted by atomic mass is 10.2. The van der Waals surface area contributed by atoms with Crippen molar-refractivity contribution < 1.29 is 9.53 Å². The van der Waals surface area contributed by atoms with Crippen molar-refractivity contribution in [1.29, 1.82) is 5.26 Å². The number of hydrogen-bond donors (Lipinski definition) is 2. The van der Waals surface area contributed by atoms with E-state index >= 15 is 0 Å². The first kappa shape index (κ1) is 15.0. The van der Waals surface area contributed by atoms with Crippen molar-refractivity contribution in [2.75, 3.05) is 17.2 Å². The van der Waals surface area contributed by atoms with Gasteiger partial charge in [-0.05, 0) is 49.2 Å². The SMILES string of the molecule is N#Cc1ccc(Nc2ccc(NC(=O)C3CCCO3)cn2)cc1. The van der Waals surface area contributed by atoms with E-state index in [9.17, 15) is 4.79 Å². The highest BCUT2D eigenvalue weighted by Gasteiger charge is 2.23. The number of carbonyl (C=O) groups excluding carboxylic acids is 1. The van der Waals surface area contributed by atoms with Gasteiger partial charge in [0.1, 0.15) is 11.9 Å². The number of carbonyl (C=O) groups is 1. The van der Waals surface area contributed by atoms with Gasteiger partial charge in [-0.1, -0.05) is 0 Å². The molecule has 0 radical (unpaired) electrons. The van der Waals surface area contributed by atoms with Crippen LogP contribution in [-0.4, -0.2) is 23.6 Å². The zero-order valence-electron chi connectivity index (χ0n) is 12.5. The summed E-state index contributed by atoms with van der Waals surface area (Å²) in [6, 6.07) is 12.7. The highest BCUT2D eigenvalue weighted by atomic mass is 16.5. The monoisotopic (exact) mass is 308 g/mol. The van der Waals surface area contributed by atoms with Crippen LogP contribution in [0.3, 0.4) is 0 Å². The topological polar surface area (TPSA) is 87.0 Å². The first-order valence-electron chi connectivity index (χ1n) is 7.40. The molecular formula is C17H16N4O2. The lowest BCUT2D eigenvalue weighted by molar-refractivity contribution is -0.124. The quantitative estimate of drug-likeness (QED) is 0.907. The minimum absolute atomic E-state index is 0.128. The van der Waals surface area contributed by atoms with E-state index in [0.717, 1.165) is 18.5 Å². The molecule has 1 aromatic carbocycles. The van der Waals surface area contributed by atoms with Crippen LogP contribution in [0.5, 0.6) is 0 Å².